The van der Waals surface area contributed by atoms with Crippen molar-refractivity contribution in [3.63, 3.8) is 0 Å². The van der Waals surface area contributed by atoms with E-state index in [2.05, 4.69) is 32.9 Å². The number of hydrogen-bond donors (Lipinski definition) is 1. The third-order valence-electron chi connectivity index (χ3n) is 2.71. The Kier molecular flexibility index (Phi) is 2.18. The predicted octanol–water partition coefficient (Wildman–Crippen LogP) is 3.84. The highest BCUT2D eigenvalue weighted by atomic mass is 16.3. The fraction of sp³-hybridized carbons (Fsp3) is 0.286. The molecule has 0 fully saturated rings. The van der Waals surface area contributed by atoms with Crippen LogP contribution in [0, 0.1) is 0 Å². The molecular weight excluding hydrogens is 184 g/mol. The van der Waals surface area contributed by atoms with E-state index in [-0.39, 0.29) is 5.41 Å². The van der Waals surface area contributed by atoms with Crippen LogP contribution >= 0.6 is 0 Å². The Hall–Kier alpha value is -1.50. The molecule has 0 saturated carbocycles. The number of phenols is 1. The summed E-state index contributed by atoms with van der Waals surface area (Å²) in [4.78, 5) is 0. The Bertz CT molecular complexity index is 492. The highest BCUT2D eigenvalue weighted by Crippen LogP contribution is 2.33. The molecule has 0 bridgehead atoms. The molecule has 0 heterocycles. The van der Waals surface area contributed by atoms with Gasteiger partial charge in [-0.2, -0.15) is 0 Å². The third kappa shape index (κ3) is 1.70. The average molecular weight is 200 g/mol. The lowest BCUT2D eigenvalue weighted by Gasteiger charge is -2.21. The molecule has 0 atom stereocenters. The van der Waals surface area contributed by atoms with Crippen LogP contribution in [0.4, 0.5) is 0 Å². The summed E-state index contributed by atoms with van der Waals surface area (Å²) in [7, 11) is 0. The zero-order chi connectivity index (χ0) is 11.1. The van der Waals surface area contributed by atoms with Gasteiger partial charge in [-0.3, -0.25) is 0 Å². The highest BCUT2D eigenvalue weighted by molar-refractivity contribution is 5.91. The second-order valence-electron chi connectivity index (χ2n) is 4.93. The van der Waals surface area contributed by atoms with Crippen LogP contribution in [0.15, 0.2) is 36.4 Å². The topological polar surface area (TPSA) is 20.2 Å². The van der Waals surface area contributed by atoms with Gasteiger partial charge < -0.3 is 5.11 Å². The molecule has 1 N–H and O–H groups in total. The van der Waals surface area contributed by atoms with E-state index < -0.39 is 0 Å². The van der Waals surface area contributed by atoms with E-state index in [1.807, 2.05) is 18.2 Å². The fourth-order valence-corrected chi connectivity index (χ4v) is 1.95. The van der Waals surface area contributed by atoms with E-state index in [1.165, 1.54) is 5.56 Å². The van der Waals surface area contributed by atoms with E-state index in [4.69, 9.17) is 0 Å². The molecule has 2 aromatic carbocycles. The number of fused-ring (bicyclic) bond motifs is 1. The van der Waals surface area contributed by atoms with Gasteiger partial charge in [0.05, 0.1) is 0 Å². The monoisotopic (exact) mass is 200 g/mol. The normalized spacial score (nSPS) is 11.9. The first kappa shape index (κ1) is 10.0. The Balaban J connectivity index is 2.83. The quantitative estimate of drug-likeness (QED) is 0.685. The standard InChI is InChI=1S/C14H16O/c1-14(2,3)12-8-4-7-11-10(12)6-5-9-13(11)15/h4-9,15H,1-3H3. The Morgan fingerprint density at radius 1 is 0.867 bits per heavy atom. The summed E-state index contributed by atoms with van der Waals surface area (Å²) >= 11 is 0. The number of hydrogen-bond acceptors (Lipinski definition) is 1. The van der Waals surface area contributed by atoms with E-state index >= 15 is 0 Å². The smallest absolute Gasteiger partial charge is 0.123 e. The molecular formula is C14H16O. The maximum Gasteiger partial charge on any atom is 0.123 e. The maximum atomic E-state index is 9.76. The van der Waals surface area contributed by atoms with Crippen molar-refractivity contribution >= 4 is 10.8 Å². The molecule has 0 saturated heterocycles. The third-order valence-corrected chi connectivity index (χ3v) is 2.71. The number of aromatic hydroxyl groups is 1. The van der Waals surface area contributed by atoms with Gasteiger partial charge >= 0.3 is 0 Å². The molecule has 0 unspecified atom stereocenters. The molecule has 1 nitrogen and oxygen atoms in total. The minimum Gasteiger partial charge on any atom is -0.507 e. The van der Waals surface area contributed by atoms with Gasteiger partial charge in [-0.25, -0.2) is 0 Å². The van der Waals surface area contributed by atoms with Crippen molar-refractivity contribution in [3.05, 3.63) is 42.0 Å². The van der Waals surface area contributed by atoms with Gasteiger partial charge in [0, 0.05) is 5.39 Å². The maximum absolute atomic E-state index is 9.76. The fourth-order valence-electron chi connectivity index (χ4n) is 1.95. The van der Waals surface area contributed by atoms with Crippen molar-refractivity contribution in [1.82, 2.24) is 0 Å². The van der Waals surface area contributed by atoms with E-state index in [0.717, 1.165) is 10.8 Å². The van der Waals surface area contributed by atoms with Gasteiger partial charge in [0.1, 0.15) is 5.75 Å². The second kappa shape index (κ2) is 3.27. The van der Waals surface area contributed by atoms with Gasteiger partial charge in [0.25, 0.3) is 0 Å². The lowest BCUT2D eigenvalue weighted by atomic mass is 9.83. The molecule has 0 amide bonds. The molecule has 0 spiro atoms. The SMILES string of the molecule is CC(C)(C)c1cccc2c(O)cccc12. The van der Waals surface area contributed by atoms with Crippen molar-refractivity contribution in [2.24, 2.45) is 0 Å². The molecule has 0 aromatic heterocycles. The minimum absolute atomic E-state index is 0.104. The van der Waals surface area contributed by atoms with Crippen molar-refractivity contribution in [3.8, 4) is 5.75 Å². The largest absolute Gasteiger partial charge is 0.507 e. The van der Waals surface area contributed by atoms with Crippen LogP contribution in [0.2, 0.25) is 0 Å². The minimum atomic E-state index is 0.104. The lowest BCUT2D eigenvalue weighted by molar-refractivity contribution is 0.481. The molecule has 15 heavy (non-hydrogen) atoms. The summed E-state index contributed by atoms with van der Waals surface area (Å²) in [6.45, 7) is 6.56. The van der Waals surface area contributed by atoms with Crippen molar-refractivity contribution in [2.45, 2.75) is 26.2 Å². The lowest BCUT2D eigenvalue weighted by Crippen LogP contribution is -2.11. The van der Waals surface area contributed by atoms with Crippen LogP contribution in [-0.2, 0) is 5.41 Å². The van der Waals surface area contributed by atoms with Crippen molar-refractivity contribution < 1.29 is 5.11 Å². The molecule has 1 heteroatoms. The zero-order valence-electron chi connectivity index (χ0n) is 9.41. The van der Waals surface area contributed by atoms with Crippen LogP contribution in [0.5, 0.6) is 5.75 Å². The summed E-state index contributed by atoms with van der Waals surface area (Å²) in [6.07, 6.45) is 0. The number of phenolic OH excluding ortho intramolecular Hbond substituents is 1. The molecule has 0 aliphatic rings. The van der Waals surface area contributed by atoms with Crippen LogP contribution in [0.3, 0.4) is 0 Å². The van der Waals surface area contributed by atoms with Crippen molar-refractivity contribution in [1.29, 1.82) is 0 Å². The first-order valence-corrected chi connectivity index (χ1v) is 5.21. The predicted molar refractivity (Wildman–Crippen MR) is 64.3 cm³/mol. The molecule has 0 aliphatic heterocycles. The summed E-state index contributed by atoms with van der Waals surface area (Å²) in [5, 5.41) is 11.8. The summed E-state index contributed by atoms with van der Waals surface area (Å²) in [5.74, 6) is 0.360. The zero-order valence-corrected chi connectivity index (χ0v) is 9.41. The van der Waals surface area contributed by atoms with E-state index in [9.17, 15) is 5.11 Å². The first-order valence-electron chi connectivity index (χ1n) is 5.21. The first-order chi connectivity index (χ1) is 7.00. The van der Waals surface area contributed by atoms with Crippen LogP contribution in [-0.4, -0.2) is 5.11 Å². The highest BCUT2D eigenvalue weighted by Gasteiger charge is 2.16. The molecule has 2 rings (SSSR count). The average Bonchev–Trinajstić information content (AvgIpc) is 2.16. The van der Waals surface area contributed by atoms with Crippen LogP contribution in [0.25, 0.3) is 10.8 Å². The Labute approximate surface area is 90.4 Å². The van der Waals surface area contributed by atoms with E-state index in [0.29, 0.717) is 5.75 Å². The molecule has 2 aromatic rings. The second-order valence-corrected chi connectivity index (χ2v) is 4.93. The van der Waals surface area contributed by atoms with Crippen molar-refractivity contribution in [2.75, 3.05) is 0 Å². The van der Waals surface area contributed by atoms with E-state index in [1.54, 1.807) is 6.07 Å². The van der Waals surface area contributed by atoms with Crippen LogP contribution < -0.4 is 0 Å². The van der Waals surface area contributed by atoms with Gasteiger partial charge in [0.15, 0.2) is 0 Å². The Morgan fingerprint density at radius 2 is 1.47 bits per heavy atom. The molecule has 0 radical (unpaired) electrons. The molecule has 78 valence electrons. The van der Waals surface area contributed by atoms with Gasteiger partial charge in [-0.15, -0.1) is 0 Å². The summed E-state index contributed by atoms with van der Waals surface area (Å²) in [5.41, 5.74) is 1.38. The Morgan fingerprint density at radius 3 is 2.13 bits per heavy atom. The number of rotatable bonds is 0. The van der Waals surface area contributed by atoms with Gasteiger partial charge in [-0.1, -0.05) is 51.1 Å². The summed E-state index contributed by atoms with van der Waals surface area (Å²) < 4.78 is 0. The molecule has 0 aliphatic carbocycles. The van der Waals surface area contributed by atoms with Crippen LogP contribution in [0.1, 0.15) is 26.3 Å². The van der Waals surface area contributed by atoms with Gasteiger partial charge in [0.2, 0.25) is 0 Å². The number of benzene rings is 2. The van der Waals surface area contributed by atoms with Gasteiger partial charge in [-0.05, 0) is 22.4 Å². The summed E-state index contributed by atoms with van der Waals surface area (Å²) in [6, 6.07) is 11.8.